The van der Waals surface area contributed by atoms with Gasteiger partial charge in [-0.25, -0.2) is 0 Å². The molecule has 2 nitrogen and oxygen atoms in total. The lowest BCUT2D eigenvalue weighted by Gasteiger charge is -2.29. The lowest BCUT2D eigenvalue weighted by atomic mass is 9.92. The zero-order chi connectivity index (χ0) is 11.0. The van der Waals surface area contributed by atoms with Gasteiger partial charge in [0, 0.05) is 0 Å². The van der Waals surface area contributed by atoms with Gasteiger partial charge in [-0.1, -0.05) is 37.1 Å². The molecule has 1 fully saturated rings. The highest BCUT2D eigenvalue weighted by Gasteiger charge is 2.32. The summed E-state index contributed by atoms with van der Waals surface area (Å²) in [7, 11) is 0. The van der Waals surface area contributed by atoms with Gasteiger partial charge in [0.1, 0.15) is 6.10 Å². The van der Waals surface area contributed by atoms with Crippen LogP contribution in [0.5, 0.6) is 0 Å². The van der Waals surface area contributed by atoms with Gasteiger partial charge >= 0.3 is 0 Å². The molecule has 0 saturated heterocycles. The van der Waals surface area contributed by atoms with Crippen molar-refractivity contribution in [1.29, 1.82) is 0 Å². The molecule has 0 spiro atoms. The van der Waals surface area contributed by atoms with Crippen LogP contribution in [-0.2, 0) is 11.2 Å². The number of hydrogen-bond acceptors (Lipinski definition) is 2. The quantitative estimate of drug-likeness (QED) is 0.844. The van der Waals surface area contributed by atoms with Gasteiger partial charge in [-0.2, -0.15) is 0 Å². The van der Waals surface area contributed by atoms with Gasteiger partial charge in [0.15, 0.2) is 0 Å². The molecule has 1 aliphatic heterocycles. The second-order valence-corrected chi connectivity index (χ2v) is 4.99. The normalized spacial score (nSPS) is 26.2. The zero-order valence-corrected chi connectivity index (χ0v) is 9.43. The van der Waals surface area contributed by atoms with Crippen molar-refractivity contribution in [3.63, 3.8) is 0 Å². The van der Waals surface area contributed by atoms with Gasteiger partial charge in [-0.15, -0.1) is 0 Å². The van der Waals surface area contributed by atoms with Crippen LogP contribution in [0.15, 0.2) is 24.3 Å². The van der Waals surface area contributed by atoms with E-state index in [1.54, 1.807) is 0 Å². The summed E-state index contributed by atoms with van der Waals surface area (Å²) in [5.41, 5.74) is 2.54. The molecule has 1 saturated carbocycles. The maximum atomic E-state index is 10.2. The lowest BCUT2D eigenvalue weighted by molar-refractivity contribution is -0.0515. The summed E-state index contributed by atoms with van der Waals surface area (Å²) in [5.74, 6) is 0.743. The van der Waals surface area contributed by atoms with Crippen molar-refractivity contribution in [3.8, 4) is 0 Å². The molecule has 2 heteroatoms. The highest BCUT2D eigenvalue weighted by Crippen LogP contribution is 2.38. The minimum absolute atomic E-state index is 0.0921. The third-order valence-electron chi connectivity index (χ3n) is 3.65. The summed E-state index contributed by atoms with van der Waals surface area (Å²) in [6.45, 7) is 0.739. The Labute approximate surface area is 96.2 Å². The molecule has 16 heavy (non-hydrogen) atoms. The standard InChI is InChI=1S/C14H18O2/c15-13(9-10-5-6-10)14-12-4-2-1-3-11(12)7-8-16-14/h1-4,10,13-15H,5-9H2. The van der Waals surface area contributed by atoms with E-state index in [1.165, 1.54) is 24.0 Å². The molecule has 86 valence electrons. The second kappa shape index (κ2) is 4.19. The average molecular weight is 218 g/mol. The fourth-order valence-corrected chi connectivity index (χ4v) is 2.56. The summed E-state index contributed by atoms with van der Waals surface area (Å²) in [5, 5.41) is 10.2. The Morgan fingerprint density at radius 3 is 2.94 bits per heavy atom. The largest absolute Gasteiger partial charge is 0.390 e. The van der Waals surface area contributed by atoms with Crippen LogP contribution < -0.4 is 0 Å². The molecule has 2 atom stereocenters. The predicted octanol–water partition coefficient (Wildman–Crippen LogP) is 2.46. The highest BCUT2D eigenvalue weighted by molar-refractivity contribution is 5.31. The number of aliphatic hydroxyl groups is 1. The lowest BCUT2D eigenvalue weighted by Crippen LogP contribution is -2.27. The topological polar surface area (TPSA) is 29.5 Å². The van der Waals surface area contributed by atoms with E-state index < -0.39 is 0 Å². The fraction of sp³-hybridized carbons (Fsp3) is 0.571. The van der Waals surface area contributed by atoms with E-state index in [-0.39, 0.29) is 12.2 Å². The van der Waals surface area contributed by atoms with Gasteiger partial charge in [-0.05, 0) is 29.9 Å². The first-order chi connectivity index (χ1) is 7.84. The third-order valence-corrected chi connectivity index (χ3v) is 3.65. The maximum Gasteiger partial charge on any atom is 0.109 e. The molecule has 3 rings (SSSR count). The van der Waals surface area contributed by atoms with Crippen molar-refractivity contribution in [3.05, 3.63) is 35.4 Å². The Bertz CT molecular complexity index is 371. The molecule has 2 aliphatic rings. The number of ether oxygens (including phenoxy) is 1. The summed E-state index contributed by atoms with van der Waals surface area (Å²) in [4.78, 5) is 0. The Morgan fingerprint density at radius 2 is 2.12 bits per heavy atom. The maximum absolute atomic E-state index is 10.2. The molecule has 0 aromatic heterocycles. The molecule has 1 aromatic rings. The van der Waals surface area contributed by atoms with E-state index in [1.807, 2.05) is 6.07 Å². The van der Waals surface area contributed by atoms with E-state index in [4.69, 9.17) is 4.74 Å². The van der Waals surface area contributed by atoms with Crippen molar-refractivity contribution in [1.82, 2.24) is 0 Å². The minimum atomic E-state index is -0.325. The minimum Gasteiger partial charge on any atom is -0.390 e. The second-order valence-electron chi connectivity index (χ2n) is 4.99. The van der Waals surface area contributed by atoms with Crippen molar-refractivity contribution >= 4 is 0 Å². The number of rotatable bonds is 3. The monoisotopic (exact) mass is 218 g/mol. The molecule has 1 aliphatic carbocycles. The summed E-state index contributed by atoms with van der Waals surface area (Å²) >= 11 is 0. The first kappa shape index (κ1) is 10.3. The Kier molecular flexibility index (Phi) is 2.70. The molecule has 1 heterocycles. The van der Waals surface area contributed by atoms with Gasteiger partial charge in [-0.3, -0.25) is 0 Å². The van der Waals surface area contributed by atoms with Crippen molar-refractivity contribution in [2.75, 3.05) is 6.61 Å². The molecule has 0 radical (unpaired) electrons. The van der Waals surface area contributed by atoms with E-state index in [9.17, 15) is 5.11 Å². The highest BCUT2D eigenvalue weighted by atomic mass is 16.5. The Hall–Kier alpha value is -0.860. The molecule has 1 N–H and O–H groups in total. The zero-order valence-electron chi connectivity index (χ0n) is 9.43. The summed E-state index contributed by atoms with van der Waals surface area (Å²) < 4.78 is 5.74. The average Bonchev–Trinajstić information content (AvgIpc) is 3.12. The fourth-order valence-electron chi connectivity index (χ4n) is 2.56. The van der Waals surface area contributed by atoms with Crippen LogP contribution in [0, 0.1) is 5.92 Å². The SMILES string of the molecule is OC(CC1CC1)C1OCCc2ccccc21. The third kappa shape index (κ3) is 2.00. The first-order valence-electron chi connectivity index (χ1n) is 6.22. The summed E-state index contributed by atoms with van der Waals surface area (Å²) in [6, 6.07) is 8.34. The van der Waals surface area contributed by atoms with E-state index in [0.29, 0.717) is 0 Å². The van der Waals surface area contributed by atoms with Crippen LogP contribution in [0.3, 0.4) is 0 Å². The van der Waals surface area contributed by atoms with Gasteiger partial charge < -0.3 is 9.84 Å². The number of fused-ring (bicyclic) bond motifs is 1. The molecule has 1 aromatic carbocycles. The van der Waals surface area contributed by atoms with E-state index in [0.717, 1.165) is 25.4 Å². The van der Waals surface area contributed by atoms with Crippen molar-refractivity contribution in [2.24, 2.45) is 5.92 Å². The first-order valence-corrected chi connectivity index (χ1v) is 6.22. The van der Waals surface area contributed by atoms with Gasteiger partial charge in [0.2, 0.25) is 0 Å². The van der Waals surface area contributed by atoms with Crippen LogP contribution in [0.2, 0.25) is 0 Å². The molecule has 0 amide bonds. The number of benzene rings is 1. The smallest absolute Gasteiger partial charge is 0.109 e. The summed E-state index contributed by atoms with van der Waals surface area (Å²) in [6.07, 6.45) is 4.03. The van der Waals surface area contributed by atoms with E-state index in [2.05, 4.69) is 18.2 Å². The molecule has 0 bridgehead atoms. The van der Waals surface area contributed by atoms with Crippen LogP contribution >= 0.6 is 0 Å². The molecular weight excluding hydrogens is 200 g/mol. The van der Waals surface area contributed by atoms with Crippen LogP contribution in [0.25, 0.3) is 0 Å². The molecular formula is C14H18O2. The van der Waals surface area contributed by atoms with Crippen molar-refractivity contribution in [2.45, 2.75) is 37.9 Å². The van der Waals surface area contributed by atoms with Crippen LogP contribution in [0.4, 0.5) is 0 Å². The van der Waals surface area contributed by atoms with Crippen LogP contribution in [0.1, 0.15) is 36.5 Å². The number of aliphatic hydroxyl groups excluding tert-OH is 1. The van der Waals surface area contributed by atoms with Crippen LogP contribution in [-0.4, -0.2) is 17.8 Å². The van der Waals surface area contributed by atoms with E-state index >= 15 is 0 Å². The predicted molar refractivity (Wildman–Crippen MR) is 62.2 cm³/mol. The Morgan fingerprint density at radius 1 is 1.31 bits per heavy atom. The number of hydrogen-bond donors (Lipinski definition) is 1. The van der Waals surface area contributed by atoms with Gasteiger partial charge in [0.25, 0.3) is 0 Å². The van der Waals surface area contributed by atoms with Gasteiger partial charge in [0.05, 0.1) is 12.7 Å². The molecule has 2 unspecified atom stereocenters. The Balaban J connectivity index is 1.80. The van der Waals surface area contributed by atoms with Crippen molar-refractivity contribution < 1.29 is 9.84 Å².